The Morgan fingerprint density at radius 2 is 1.60 bits per heavy atom. The lowest BCUT2D eigenvalue weighted by molar-refractivity contribution is -0.170. The van der Waals surface area contributed by atoms with Crippen LogP contribution in [0.25, 0.3) is 0 Å². The van der Waals surface area contributed by atoms with E-state index in [9.17, 15) is 23.9 Å². The number of terminal acetylenes is 1. The third-order valence-corrected chi connectivity index (χ3v) is 7.49. The maximum atomic E-state index is 13.3. The Bertz CT molecular complexity index is 1290. The van der Waals surface area contributed by atoms with Crippen molar-refractivity contribution in [1.82, 2.24) is 4.90 Å². The predicted molar refractivity (Wildman–Crippen MR) is 146 cm³/mol. The summed E-state index contributed by atoms with van der Waals surface area (Å²) in [7, 11) is 1.62. The molecule has 2 aliphatic heterocycles. The molecule has 11 nitrogen and oxygen atoms in total. The van der Waals surface area contributed by atoms with E-state index in [0.717, 1.165) is 30.5 Å². The first-order chi connectivity index (χ1) is 19.8. The molecule has 2 aromatic carbocycles. The van der Waals surface area contributed by atoms with Gasteiger partial charge in [-0.1, -0.05) is 24.1 Å². The maximum Gasteiger partial charge on any atom is 0.336 e. The molecule has 0 amide bonds. The highest BCUT2D eigenvalue weighted by molar-refractivity contribution is 5.88. The van der Waals surface area contributed by atoms with Crippen molar-refractivity contribution in [3.8, 4) is 23.8 Å². The number of rotatable bonds is 11. The summed E-state index contributed by atoms with van der Waals surface area (Å²) in [6.45, 7) is 0.995. The monoisotopic (exact) mass is 587 g/mol. The van der Waals surface area contributed by atoms with Gasteiger partial charge in [0, 0.05) is 18.6 Å². The summed E-state index contributed by atoms with van der Waals surface area (Å²) in [5.74, 6) is -1.52. The van der Waals surface area contributed by atoms with Crippen LogP contribution in [-0.2, 0) is 26.5 Å². The lowest BCUT2D eigenvalue weighted by atomic mass is 9.80. The number of piperidine rings is 1. The Labute approximate surface area is 242 Å². The standard InChI is InChI=1S/C24H26FNO3.C6H8O7/c1-3-12-29-22-11-4-17(13-23(22)28-2)16-26-20-9-10-21(26)15-24(27,14-20)18-5-7-19(25)8-6-18;7-3(8)1-6(13,5(11)12)2-4(9)10/h1,4-8,11,13,20-21,27H,9-10,12,14-16H2,2H3;13H,1-2H2,(H,7,8)(H,9,10)(H,11,12). The number of benzene rings is 2. The zero-order valence-electron chi connectivity index (χ0n) is 23.0. The topological polar surface area (TPSA) is 174 Å². The second-order valence-electron chi connectivity index (χ2n) is 10.5. The minimum atomic E-state index is -2.74. The number of carboxylic acid groups (broad SMARTS) is 3. The molecular formula is C30H34FNO10. The Balaban J connectivity index is 0.000000316. The molecular weight excluding hydrogens is 553 g/mol. The molecule has 2 aromatic rings. The molecule has 2 bridgehead atoms. The van der Waals surface area contributed by atoms with Gasteiger partial charge in [0.15, 0.2) is 17.1 Å². The van der Waals surface area contributed by atoms with Gasteiger partial charge in [0.1, 0.15) is 12.4 Å². The maximum absolute atomic E-state index is 13.3. The third kappa shape index (κ3) is 7.97. The van der Waals surface area contributed by atoms with E-state index in [2.05, 4.69) is 10.8 Å². The summed E-state index contributed by atoms with van der Waals surface area (Å²) in [5, 5.41) is 45.1. The normalized spacial score (nSPS) is 21.4. The van der Waals surface area contributed by atoms with Crippen molar-refractivity contribution in [3.63, 3.8) is 0 Å². The lowest BCUT2D eigenvalue weighted by Crippen LogP contribution is -2.49. The van der Waals surface area contributed by atoms with Crippen LogP contribution in [0.2, 0.25) is 0 Å². The number of hydrogen-bond donors (Lipinski definition) is 5. The summed E-state index contributed by atoms with van der Waals surface area (Å²) >= 11 is 0. The smallest absolute Gasteiger partial charge is 0.336 e. The van der Waals surface area contributed by atoms with Crippen LogP contribution in [0.1, 0.15) is 49.7 Å². The van der Waals surface area contributed by atoms with E-state index in [0.29, 0.717) is 36.4 Å². The second kappa shape index (κ2) is 13.7. The molecule has 0 saturated carbocycles. The van der Waals surface area contributed by atoms with E-state index in [4.69, 9.17) is 36.3 Å². The van der Waals surface area contributed by atoms with Crippen molar-refractivity contribution in [2.45, 2.75) is 68.4 Å². The van der Waals surface area contributed by atoms with Gasteiger partial charge in [-0.2, -0.15) is 0 Å². The first-order valence-electron chi connectivity index (χ1n) is 13.2. The van der Waals surface area contributed by atoms with Crippen molar-refractivity contribution in [3.05, 3.63) is 59.4 Å². The van der Waals surface area contributed by atoms with E-state index in [1.54, 1.807) is 19.2 Å². The number of hydrogen-bond acceptors (Lipinski definition) is 8. The first kappa shape index (κ1) is 32.3. The average Bonchev–Trinajstić information content (AvgIpc) is 3.15. The van der Waals surface area contributed by atoms with E-state index in [1.165, 1.54) is 12.1 Å². The number of aliphatic hydroxyl groups is 2. The summed E-state index contributed by atoms with van der Waals surface area (Å²) in [6, 6.07) is 12.8. The van der Waals surface area contributed by atoms with Crippen molar-refractivity contribution in [2.75, 3.05) is 13.7 Å². The molecule has 0 radical (unpaired) electrons. The van der Waals surface area contributed by atoms with Gasteiger partial charge in [-0.25, -0.2) is 9.18 Å². The molecule has 0 aromatic heterocycles. The number of methoxy groups -OCH3 is 1. The highest BCUT2D eigenvalue weighted by Crippen LogP contribution is 2.46. The van der Waals surface area contributed by atoms with Gasteiger partial charge < -0.3 is 35.0 Å². The number of carboxylic acids is 3. The zero-order chi connectivity index (χ0) is 31.1. The molecule has 42 heavy (non-hydrogen) atoms. The van der Waals surface area contributed by atoms with Gasteiger partial charge in [0.2, 0.25) is 0 Å². The molecule has 0 aliphatic carbocycles. The van der Waals surface area contributed by atoms with Crippen LogP contribution in [0, 0.1) is 18.2 Å². The zero-order valence-corrected chi connectivity index (χ0v) is 23.0. The molecule has 12 heteroatoms. The Hall–Kier alpha value is -4.18. The summed E-state index contributed by atoms with van der Waals surface area (Å²) < 4.78 is 24.3. The highest BCUT2D eigenvalue weighted by atomic mass is 19.1. The first-order valence-corrected chi connectivity index (χ1v) is 13.2. The van der Waals surface area contributed by atoms with Crippen molar-refractivity contribution in [2.24, 2.45) is 0 Å². The fourth-order valence-corrected chi connectivity index (χ4v) is 5.54. The largest absolute Gasteiger partial charge is 0.493 e. The van der Waals surface area contributed by atoms with Gasteiger partial charge >= 0.3 is 17.9 Å². The van der Waals surface area contributed by atoms with Gasteiger partial charge in [0.05, 0.1) is 25.6 Å². The molecule has 2 aliphatic rings. The molecule has 2 saturated heterocycles. The lowest BCUT2D eigenvalue weighted by Gasteiger charge is -2.44. The van der Waals surface area contributed by atoms with Crippen LogP contribution in [0.15, 0.2) is 42.5 Å². The SMILES string of the molecule is C#CCOc1ccc(CN2C3CCC2CC(O)(c2ccc(F)cc2)C3)cc1OC.O=C(O)CC(O)(CC(=O)O)C(=O)O. The van der Waals surface area contributed by atoms with Crippen LogP contribution in [0.4, 0.5) is 4.39 Å². The third-order valence-electron chi connectivity index (χ3n) is 7.49. The Kier molecular flexibility index (Phi) is 10.5. The molecule has 2 fully saturated rings. The van der Waals surface area contributed by atoms with Gasteiger partial charge in [0.25, 0.3) is 0 Å². The van der Waals surface area contributed by atoms with Gasteiger partial charge in [-0.15, -0.1) is 6.42 Å². The van der Waals surface area contributed by atoms with E-state index in [-0.39, 0.29) is 12.4 Å². The van der Waals surface area contributed by atoms with Gasteiger partial charge in [-0.05, 0) is 61.1 Å². The predicted octanol–water partition coefficient (Wildman–Crippen LogP) is 2.61. The number of nitrogens with zero attached hydrogens (tertiary/aromatic N) is 1. The van der Waals surface area contributed by atoms with E-state index >= 15 is 0 Å². The van der Waals surface area contributed by atoms with E-state index in [1.807, 2.05) is 18.2 Å². The molecule has 2 atom stereocenters. The fourth-order valence-electron chi connectivity index (χ4n) is 5.54. The second-order valence-corrected chi connectivity index (χ2v) is 10.5. The van der Waals surface area contributed by atoms with Crippen molar-refractivity contribution in [1.29, 1.82) is 0 Å². The summed E-state index contributed by atoms with van der Waals surface area (Å²) in [6.07, 6.45) is 6.43. The minimum absolute atomic E-state index is 0.202. The molecule has 226 valence electrons. The van der Waals surface area contributed by atoms with Crippen molar-refractivity contribution < 1.29 is 53.8 Å². The molecule has 2 heterocycles. The quantitative estimate of drug-likeness (QED) is 0.245. The number of halogens is 1. The average molecular weight is 588 g/mol. The van der Waals surface area contributed by atoms with Crippen molar-refractivity contribution >= 4 is 17.9 Å². The molecule has 4 rings (SSSR count). The van der Waals surface area contributed by atoms with Crippen LogP contribution in [-0.4, -0.2) is 79.7 Å². The minimum Gasteiger partial charge on any atom is -0.493 e. The van der Waals surface area contributed by atoms with Crippen LogP contribution >= 0.6 is 0 Å². The van der Waals surface area contributed by atoms with Crippen LogP contribution in [0.3, 0.4) is 0 Å². The van der Waals surface area contributed by atoms with Crippen LogP contribution < -0.4 is 9.47 Å². The van der Waals surface area contributed by atoms with Gasteiger partial charge in [-0.3, -0.25) is 14.5 Å². The molecule has 2 unspecified atom stereocenters. The molecule has 0 spiro atoms. The highest BCUT2D eigenvalue weighted by Gasteiger charge is 2.48. The van der Waals surface area contributed by atoms with Crippen LogP contribution in [0.5, 0.6) is 11.5 Å². The molecule has 5 N–H and O–H groups in total. The summed E-state index contributed by atoms with van der Waals surface area (Å²) in [4.78, 5) is 33.0. The Morgan fingerprint density at radius 1 is 1.02 bits per heavy atom. The fraction of sp³-hybridized carbons (Fsp3) is 0.433. The van der Waals surface area contributed by atoms with E-state index < -0.39 is 42.0 Å². The number of carbonyl (C=O) groups is 3. The number of aliphatic carboxylic acids is 3. The summed E-state index contributed by atoms with van der Waals surface area (Å²) in [5.41, 5.74) is -1.68. The Morgan fingerprint density at radius 3 is 2.07 bits per heavy atom. The number of ether oxygens (including phenoxy) is 2. The number of fused-ring (bicyclic) bond motifs is 2.